The predicted molar refractivity (Wildman–Crippen MR) is 373 cm³/mol. The Bertz CT molecular complexity index is 4380. The number of sulfone groups is 1. The van der Waals surface area contributed by atoms with E-state index in [4.69, 9.17) is 45.0 Å². The van der Waals surface area contributed by atoms with E-state index in [1.807, 2.05) is 64.1 Å². The normalized spacial score (nSPS) is 13.3. The molecule has 7 N–H and O–H groups in total. The fourth-order valence-corrected chi connectivity index (χ4v) is 14.4. The Labute approximate surface area is 584 Å². The molecule has 3 atom stereocenters. The first-order valence-corrected chi connectivity index (χ1v) is 37.1. The Morgan fingerprint density at radius 3 is 1.21 bits per heavy atom. The van der Waals surface area contributed by atoms with Crippen molar-refractivity contribution in [3.8, 4) is 17.1 Å². The molecular formula is C67H77Cl3N14O11S3. The number of carbonyl (C=O) groups is 3. The summed E-state index contributed by atoms with van der Waals surface area (Å²) in [6, 6.07) is 28.2. The Hall–Kier alpha value is -8.29. The Morgan fingerprint density at radius 2 is 0.847 bits per heavy atom. The Balaban J connectivity index is 0.000000188. The van der Waals surface area contributed by atoms with E-state index in [1.54, 1.807) is 82.5 Å². The zero-order chi connectivity index (χ0) is 70.9. The van der Waals surface area contributed by atoms with Gasteiger partial charge in [0.15, 0.2) is 19.9 Å². The monoisotopic (exact) mass is 1450 g/mol. The zero-order valence-electron chi connectivity index (χ0n) is 54.6. The molecule has 3 unspecified atom stereocenters. The number of benzene rings is 3. The summed E-state index contributed by atoms with van der Waals surface area (Å²) in [7, 11) is -11.1. The van der Waals surface area contributed by atoms with Crippen molar-refractivity contribution < 1.29 is 49.9 Å². The van der Waals surface area contributed by atoms with Gasteiger partial charge < -0.3 is 26.2 Å². The van der Waals surface area contributed by atoms with Crippen LogP contribution in [0.2, 0.25) is 15.1 Å². The third-order valence-corrected chi connectivity index (χ3v) is 21.4. The molecule has 9 aromatic rings. The molecule has 1 aliphatic carbocycles. The number of aromatic nitrogens is 9. The van der Waals surface area contributed by atoms with Gasteiger partial charge in [-0.05, 0) is 173 Å². The number of pyridine rings is 3. The third-order valence-electron chi connectivity index (χ3n) is 15.7. The third kappa shape index (κ3) is 19.3. The summed E-state index contributed by atoms with van der Waals surface area (Å²) in [5.74, 6) is -0.895. The molecule has 6 heterocycles. The highest BCUT2D eigenvalue weighted by molar-refractivity contribution is 7.92. The predicted octanol–water partition coefficient (Wildman–Crippen LogP) is 9.98. The first-order chi connectivity index (χ1) is 46.8. The highest BCUT2D eigenvalue weighted by Crippen LogP contribution is 2.34. The van der Waals surface area contributed by atoms with Crippen LogP contribution in [0.5, 0.6) is 0 Å². The van der Waals surface area contributed by atoms with Gasteiger partial charge in [0.1, 0.15) is 4.90 Å². The number of aliphatic hydroxyl groups is 2. The second kappa shape index (κ2) is 34.5. The van der Waals surface area contributed by atoms with Crippen molar-refractivity contribution in [3.63, 3.8) is 0 Å². The zero-order valence-corrected chi connectivity index (χ0v) is 59.3. The summed E-state index contributed by atoms with van der Waals surface area (Å²) in [6.07, 6.45) is 15.8. The molecule has 1 aliphatic rings. The van der Waals surface area contributed by atoms with E-state index < -0.39 is 42.0 Å². The quantitative estimate of drug-likeness (QED) is 0.0240. The van der Waals surface area contributed by atoms with Gasteiger partial charge in [-0.3, -0.25) is 19.4 Å². The van der Waals surface area contributed by atoms with Gasteiger partial charge in [-0.1, -0.05) is 74.8 Å². The van der Waals surface area contributed by atoms with Crippen LogP contribution in [0.1, 0.15) is 155 Å². The SMILES string of the molecule is CCCC(NC(=O)c1cnn(-c2ccc(Cl)cc2)c1C)c1ccnc(S(=O)(=O)C2CC2)c1.CCCC(NC(=O)c1cnn(-c2ccc(Cl)cc2)c1C)c1ccnc(S(=O)(=O)NCCO)c1.CCCC(NC(=O)c1cnn(-c2ccc(Cl)cc2)c1C)c1cncc(S(=O)(=O)NCCO)c1. The van der Waals surface area contributed by atoms with Crippen LogP contribution < -0.4 is 25.4 Å². The summed E-state index contributed by atoms with van der Waals surface area (Å²) in [5, 5.41) is 41.3. The Kier molecular flexibility index (Phi) is 26.5. The molecule has 0 aliphatic heterocycles. The van der Waals surface area contributed by atoms with Crippen molar-refractivity contribution in [2.75, 3.05) is 26.3 Å². The molecule has 1 fully saturated rings. The maximum Gasteiger partial charge on any atom is 0.258 e. The number of amides is 3. The fourth-order valence-electron chi connectivity index (χ4n) is 10.4. The maximum absolute atomic E-state index is 13.1. The lowest BCUT2D eigenvalue weighted by molar-refractivity contribution is 0.0925. The smallest absolute Gasteiger partial charge is 0.258 e. The Morgan fingerprint density at radius 1 is 0.490 bits per heavy atom. The van der Waals surface area contributed by atoms with Crippen LogP contribution in [0.4, 0.5) is 0 Å². The van der Waals surface area contributed by atoms with Crippen molar-refractivity contribution in [1.29, 1.82) is 0 Å². The van der Waals surface area contributed by atoms with Crippen LogP contribution in [0.25, 0.3) is 17.1 Å². The van der Waals surface area contributed by atoms with Crippen molar-refractivity contribution in [2.24, 2.45) is 0 Å². The number of sulfonamides is 2. The fraction of sp³-hybridized carbons (Fsp3) is 0.328. The van der Waals surface area contributed by atoms with Crippen molar-refractivity contribution in [3.05, 3.63) is 212 Å². The average Bonchev–Trinajstić information content (AvgIpc) is 1.64. The maximum atomic E-state index is 13.1. The van der Waals surface area contributed by atoms with Gasteiger partial charge in [-0.2, -0.15) is 15.3 Å². The molecule has 1 saturated carbocycles. The van der Waals surface area contributed by atoms with Crippen molar-refractivity contribution in [1.82, 2.24) is 69.7 Å². The lowest BCUT2D eigenvalue weighted by Gasteiger charge is -2.19. The van der Waals surface area contributed by atoms with E-state index in [0.717, 1.165) is 41.9 Å². The second-order valence-corrected chi connectivity index (χ2v) is 29.8. The van der Waals surface area contributed by atoms with Crippen LogP contribution >= 0.6 is 34.8 Å². The summed E-state index contributed by atoms with van der Waals surface area (Å²) in [6.45, 7) is 10.6. The summed E-state index contributed by atoms with van der Waals surface area (Å²) < 4.78 is 84.3. The molecule has 10 rings (SSSR count). The minimum absolute atomic E-state index is 0.0319. The number of halogens is 3. The van der Waals surface area contributed by atoms with Crippen molar-refractivity contribution in [2.45, 2.75) is 131 Å². The lowest BCUT2D eigenvalue weighted by Crippen LogP contribution is -2.30. The number of nitrogens with one attached hydrogen (secondary N) is 5. The molecule has 31 heteroatoms. The van der Waals surface area contributed by atoms with Gasteiger partial charge >= 0.3 is 0 Å². The minimum Gasteiger partial charge on any atom is -0.395 e. The van der Waals surface area contributed by atoms with E-state index in [9.17, 15) is 39.6 Å². The molecule has 25 nitrogen and oxygen atoms in total. The van der Waals surface area contributed by atoms with Crippen LogP contribution in [0.15, 0.2) is 161 Å². The van der Waals surface area contributed by atoms with E-state index in [1.165, 1.54) is 55.5 Å². The van der Waals surface area contributed by atoms with Crippen LogP contribution in [-0.4, -0.2) is 129 Å². The molecule has 6 aromatic heterocycles. The molecule has 0 saturated heterocycles. The number of hydrogen-bond acceptors (Lipinski definition) is 17. The lowest BCUT2D eigenvalue weighted by atomic mass is 10.0. The summed E-state index contributed by atoms with van der Waals surface area (Å²) >= 11 is 17.9. The average molecular weight is 1460 g/mol. The summed E-state index contributed by atoms with van der Waals surface area (Å²) in [5.41, 5.74) is 7.59. The largest absolute Gasteiger partial charge is 0.395 e. The molecule has 520 valence electrons. The minimum atomic E-state index is -3.87. The van der Waals surface area contributed by atoms with E-state index in [2.05, 4.69) is 55.6 Å². The number of rotatable bonds is 28. The molecule has 0 bridgehead atoms. The van der Waals surface area contributed by atoms with E-state index in [0.29, 0.717) is 92.1 Å². The van der Waals surface area contributed by atoms with E-state index in [-0.39, 0.29) is 70.3 Å². The van der Waals surface area contributed by atoms with Gasteiger partial charge in [0.25, 0.3) is 27.7 Å². The highest BCUT2D eigenvalue weighted by atomic mass is 35.5. The van der Waals surface area contributed by atoms with Crippen molar-refractivity contribution >= 4 is 82.4 Å². The van der Waals surface area contributed by atoms with Gasteiger partial charge in [0.2, 0.25) is 10.0 Å². The first-order valence-electron chi connectivity index (χ1n) is 31.5. The van der Waals surface area contributed by atoms with Gasteiger partial charge in [-0.15, -0.1) is 0 Å². The number of hydrogen-bond donors (Lipinski definition) is 7. The second-order valence-electron chi connectivity index (χ2n) is 22.8. The highest BCUT2D eigenvalue weighted by Gasteiger charge is 2.38. The molecule has 98 heavy (non-hydrogen) atoms. The van der Waals surface area contributed by atoms with Crippen LogP contribution in [-0.2, 0) is 29.9 Å². The van der Waals surface area contributed by atoms with Gasteiger partial charge in [-0.25, -0.2) is 58.7 Å². The first kappa shape index (κ1) is 75.5. The molecule has 0 radical (unpaired) electrons. The standard InChI is InChI=1S/C23H25ClN4O3S.2C22H26ClN5O4S/c1-3-4-21(16-11-12-25-22(13-16)32(30,31)19-9-10-19)27-23(29)20-14-26-28(15(20)2)18-7-5-17(24)6-8-18;1-3-4-21(16-11-19(13-24-12-16)33(31,32)26-9-10-29)27-22(30)20-14-25-28(15(20)2)18-7-5-17(23)6-8-18;1-3-4-20(16-9-10-24-21(13-16)33(31,32)26-11-12-29)27-22(30)19-14-25-28(15(19)2)18-7-5-17(23)6-8-18/h5-8,11-14,19,21H,3-4,9-10H2,1-2H3,(H,27,29);5-8,11-14,21,26,29H,3-4,9-10H2,1-2H3,(H,27,30);5-10,13-14,20,26,29H,3-4,11-12H2,1-2H3,(H,27,30). The molecule has 3 aromatic carbocycles. The summed E-state index contributed by atoms with van der Waals surface area (Å²) in [4.78, 5) is 51.3. The van der Waals surface area contributed by atoms with Gasteiger partial charge in [0, 0.05) is 52.9 Å². The molecule has 3 amide bonds. The van der Waals surface area contributed by atoms with Gasteiger partial charge in [0.05, 0.1) is 106 Å². The topological polar surface area (TPSA) is 346 Å². The number of aliphatic hydroxyl groups excluding tert-OH is 2. The number of nitrogens with zero attached hydrogens (tertiary/aromatic N) is 9. The molecular weight excluding hydrogens is 1380 g/mol. The van der Waals surface area contributed by atoms with Crippen LogP contribution in [0, 0.1) is 20.8 Å². The van der Waals surface area contributed by atoms with Crippen LogP contribution in [0.3, 0.4) is 0 Å². The number of carbonyl (C=O) groups excluding carboxylic acids is 3. The molecule has 0 spiro atoms. The van der Waals surface area contributed by atoms with E-state index >= 15 is 0 Å².